The molecule has 0 saturated carbocycles. The summed E-state index contributed by atoms with van der Waals surface area (Å²) in [5.41, 5.74) is 0. The number of ether oxygens (including phenoxy) is 2. The van der Waals surface area contributed by atoms with Gasteiger partial charge in [-0.3, -0.25) is 0 Å². The zero-order chi connectivity index (χ0) is 13.3. The van der Waals surface area contributed by atoms with Crippen molar-refractivity contribution in [1.82, 2.24) is 0 Å². The molecule has 1 atom stereocenters. The third-order valence-corrected chi connectivity index (χ3v) is 1.68. The standard InChI is InChI=1S/C11H14O6/c1-3-8(17-10(14)4-2)7-16-11(15)6-5-9(12)13/h4-6,8H,2-3,7H2,1H3,(H,12,13). The Morgan fingerprint density at radius 1 is 1.29 bits per heavy atom. The van der Waals surface area contributed by atoms with Crippen LogP contribution in [0.4, 0.5) is 0 Å². The summed E-state index contributed by atoms with van der Waals surface area (Å²) in [6.07, 6.45) is 2.36. The highest BCUT2D eigenvalue weighted by Gasteiger charge is 2.12. The Labute approximate surface area is 98.5 Å². The molecule has 0 amide bonds. The first-order valence-corrected chi connectivity index (χ1v) is 4.90. The molecule has 0 aliphatic carbocycles. The minimum absolute atomic E-state index is 0.126. The van der Waals surface area contributed by atoms with E-state index in [1.54, 1.807) is 6.92 Å². The van der Waals surface area contributed by atoms with Gasteiger partial charge in [0, 0.05) is 18.2 Å². The van der Waals surface area contributed by atoms with E-state index in [1.807, 2.05) is 0 Å². The van der Waals surface area contributed by atoms with Crippen molar-refractivity contribution in [2.75, 3.05) is 6.61 Å². The molecule has 0 bridgehead atoms. The molecule has 0 saturated heterocycles. The average molecular weight is 242 g/mol. The first-order chi connectivity index (χ1) is 7.99. The van der Waals surface area contributed by atoms with E-state index in [4.69, 9.17) is 14.6 Å². The van der Waals surface area contributed by atoms with E-state index in [1.165, 1.54) is 0 Å². The molecule has 17 heavy (non-hydrogen) atoms. The van der Waals surface area contributed by atoms with Crippen LogP contribution in [0.5, 0.6) is 0 Å². The number of hydrogen-bond donors (Lipinski definition) is 1. The van der Waals surface area contributed by atoms with Crippen LogP contribution < -0.4 is 0 Å². The van der Waals surface area contributed by atoms with E-state index < -0.39 is 24.0 Å². The molecule has 0 spiro atoms. The lowest BCUT2D eigenvalue weighted by Crippen LogP contribution is -2.23. The second kappa shape index (κ2) is 8.09. The topological polar surface area (TPSA) is 89.9 Å². The third kappa shape index (κ3) is 7.78. The molecular weight excluding hydrogens is 228 g/mol. The molecule has 0 aliphatic heterocycles. The lowest BCUT2D eigenvalue weighted by Gasteiger charge is -2.14. The van der Waals surface area contributed by atoms with Gasteiger partial charge in [-0.1, -0.05) is 13.5 Å². The van der Waals surface area contributed by atoms with Crippen LogP contribution in [0.3, 0.4) is 0 Å². The van der Waals surface area contributed by atoms with Gasteiger partial charge in [0.25, 0.3) is 0 Å². The highest BCUT2D eigenvalue weighted by molar-refractivity contribution is 5.90. The lowest BCUT2D eigenvalue weighted by atomic mass is 10.3. The van der Waals surface area contributed by atoms with E-state index >= 15 is 0 Å². The minimum atomic E-state index is -1.24. The van der Waals surface area contributed by atoms with Crippen LogP contribution in [0.15, 0.2) is 24.8 Å². The summed E-state index contributed by atoms with van der Waals surface area (Å²) in [5, 5.41) is 8.26. The van der Waals surface area contributed by atoms with E-state index in [0.29, 0.717) is 12.5 Å². The van der Waals surface area contributed by atoms with Gasteiger partial charge in [-0.25, -0.2) is 14.4 Å². The maximum absolute atomic E-state index is 11.0. The Hall–Kier alpha value is -2.11. The van der Waals surface area contributed by atoms with Crippen LogP contribution in [0.2, 0.25) is 0 Å². The van der Waals surface area contributed by atoms with Crippen molar-refractivity contribution >= 4 is 17.9 Å². The Morgan fingerprint density at radius 2 is 1.94 bits per heavy atom. The largest absolute Gasteiger partial charge is 0.478 e. The summed E-state index contributed by atoms with van der Waals surface area (Å²) < 4.78 is 9.54. The summed E-state index contributed by atoms with van der Waals surface area (Å²) in [4.78, 5) is 32.0. The number of carbonyl (C=O) groups is 3. The fraction of sp³-hybridized carbons (Fsp3) is 0.364. The maximum atomic E-state index is 11.0. The van der Waals surface area contributed by atoms with Crippen molar-refractivity contribution in [1.29, 1.82) is 0 Å². The highest BCUT2D eigenvalue weighted by atomic mass is 16.6. The summed E-state index contributed by atoms with van der Waals surface area (Å²) >= 11 is 0. The van der Waals surface area contributed by atoms with Gasteiger partial charge in [-0.2, -0.15) is 0 Å². The molecule has 1 N–H and O–H groups in total. The Kier molecular flexibility index (Phi) is 7.09. The van der Waals surface area contributed by atoms with E-state index in [9.17, 15) is 14.4 Å². The van der Waals surface area contributed by atoms with Crippen LogP contribution in [0, 0.1) is 0 Å². The van der Waals surface area contributed by atoms with Gasteiger partial charge in [0.05, 0.1) is 0 Å². The number of rotatable bonds is 7. The minimum Gasteiger partial charge on any atom is -0.478 e. The molecule has 0 aromatic rings. The van der Waals surface area contributed by atoms with Gasteiger partial charge in [0.1, 0.15) is 12.7 Å². The quantitative estimate of drug-likeness (QED) is 0.521. The first-order valence-electron chi connectivity index (χ1n) is 4.90. The summed E-state index contributed by atoms with van der Waals surface area (Å²) in [6.45, 7) is 4.86. The molecule has 6 nitrogen and oxygen atoms in total. The Morgan fingerprint density at radius 3 is 2.41 bits per heavy atom. The van der Waals surface area contributed by atoms with Crippen LogP contribution in [-0.2, 0) is 23.9 Å². The lowest BCUT2D eigenvalue weighted by molar-refractivity contribution is -0.152. The zero-order valence-electron chi connectivity index (χ0n) is 9.42. The zero-order valence-corrected chi connectivity index (χ0v) is 9.42. The van der Waals surface area contributed by atoms with Crippen molar-refractivity contribution in [3.8, 4) is 0 Å². The Bertz CT molecular complexity index is 331. The van der Waals surface area contributed by atoms with Gasteiger partial charge in [0.15, 0.2) is 0 Å². The summed E-state index contributed by atoms with van der Waals surface area (Å²) in [5.74, 6) is -2.65. The molecule has 0 aromatic heterocycles. The van der Waals surface area contributed by atoms with Crippen molar-refractivity contribution in [2.24, 2.45) is 0 Å². The predicted octanol–water partition coefficient (Wildman–Crippen LogP) is 0.678. The van der Waals surface area contributed by atoms with Crippen LogP contribution in [0.1, 0.15) is 13.3 Å². The van der Waals surface area contributed by atoms with Gasteiger partial charge >= 0.3 is 17.9 Å². The first kappa shape index (κ1) is 14.9. The molecule has 6 heteroatoms. The molecule has 0 rings (SSSR count). The number of hydrogen-bond acceptors (Lipinski definition) is 5. The molecule has 0 aliphatic rings. The second-order valence-electron chi connectivity index (χ2n) is 2.97. The average Bonchev–Trinajstić information content (AvgIpc) is 2.31. The second-order valence-corrected chi connectivity index (χ2v) is 2.97. The van der Waals surface area contributed by atoms with Gasteiger partial charge in [0.2, 0.25) is 0 Å². The molecule has 1 unspecified atom stereocenters. The number of aliphatic carboxylic acids is 1. The SMILES string of the molecule is C=CC(=O)OC(CC)COC(=O)C=CC(=O)O. The maximum Gasteiger partial charge on any atom is 0.331 e. The number of carboxylic acid groups (broad SMARTS) is 1. The number of carboxylic acids is 1. The number of carbonyl (C=O) groups excluding carboxylic acids is 2. The fourth-order valence-electron chi connectivity index (χ4n) is 0.810. The molecule has 0 radical (unpaired) electrons. The van der Waals surface area contributed by atoms with Crippen LogP contribution in [-0.4, -0.2) is 35.7 Å². The van der Waals surface area contributed by atoms with Crippen molar-refractivity contribution in [2.45, 2.75) is 19.4 Å². The van der Waals surface area contributed by atoms with Gasteiger partial charge in [-0.15, -0.1) is 0 Å². The van der Waals surface area contributed by atoms with E-state index in [0.717, 1.165) is 12.2 Å². The molecule has 94 valence electrons. The van der Waals surface area contributed by atoms with Crippen molar-refractivity contribution in [3.63, 3.8) is 0 Å². The fourth-order valence-corrected chi connectivity index (χ4v) is 0.810. The van der Waals surface area contributed by atoms with Crippen LogP contribution in [0.25, 0.3) is 0 Å². The smallest absolute Gasteiger partial charge is 0.331 e. The Balaban J connectivity index is 4.06. The molecular formula is C11H14O6. The van der Waals surface area contributed by atoms with Gasteiger partial charge < -0.3 is 14.6 Å². The highest BCUT2D eigenvalue weighted by Crippen LogP contribution is 2.00. The van der Waals surface area contributed by atoms with E-state index in [-0.39, 0.29) is 6.61 Å². The monoisotopic (exact) mass is 242 g/mol. The predicted molar refractivity (Wildman–Crippen MR) is 58.1 cm³/mol. The van der Waals surface area contributed by atoms with Crippen molar-refractivity contribution in [3.05, 3.63) is 24.8 Å². The molecule has 0 heterocycles. The number of esters is 2. The van der Waals surface area contributed by atoms with E-state index in [2.05, 4.69) is 6.58 Å². The summed E-state index contributed by atoms with van der Waals surface area (Å²) in [6, 6.07) is 0. The summed E-state index contributed by atoms with van der Waals surface area (Å²) in [7, 11) is 0. The van der Waals surface area contributed by atoms with Gasteiger partial charge in [-0.05, 0) is 6.42 Å². The third-order valence-electron chi connectivity index (χ3n) is 1.68. The molecule has 0 aromatic carbocycles. The van der Waals surface area contributed by atoms with Crippen LogP contribution >= 0.6 is 0 Å². The normalized spacial score (nSPS) is 11.8. The van der Waals surface area contributed by atoms with Crippen molar-refractivity contribution < 1.29 is 29.0 Å². The molecule has 0 fully saturated rings.